The van der Waals surface area contributed by atoms with Crippen molar-refractivity contribution in [2.45, 2.75) is 90.0 Å². The number of ether oxygens (including phenoxy) is 7. The average Bonchev–Trinajstić information content (AvgIpc) is 3.34. The van der Waals surface area contributed by atoms with Gasteiger partial charge in [-0.3, -0.25) is 24.0 Å². The predicted octanol–water partition coefficient (Wildman–Crippen LogP) is 4.13. The number of carbonyl (C=O) groups excluding carboxylic acids is 7. The predicted molar refractivity (Wildman–Crippen MR) is 209 cm³/mol. The Labute approximate surface area is 347 Å². The number of benzene rings is 2. The molecule has 60 heavy (non-hydrogen) atoms. The van der Waals surface area contributed by atoms with Gasteiger partial charge in [-0.25, -0.2) is 9.59 Å². The first kappa shape index (κ1) is 43.9. The molecule has 3 saturated carbocycles. The quantitative estimate of drug-likeness (QED) is 0.146. The topological polar surface area (TPSA) is 204 Å². The summed E-state index contributed by atoms with van der Waals surface area (Å²) in [6, 6.07) is 16.9. The molecule has 1 aliphatic heterocycles. The third kappa shape index (κ3) is 7.53. The van der Waals surface area contributed by atoms with Crippen molar-refractivity contribution in [3.8, 4) is 0 Å². The highest BCUT2D eigenvalue weighted by atomic mass is 16.6. The summed E-state index contributed by atoms with van der Waals surface area (Å²) in [7, 11) is 0. The van der Waals surface area contributed by atoms with E-state index in [0.29, 0.717) is 5.56 Å². The van der Waals surface area contributed by atoms with Crippen LogP contribution in [0.5, 0.6) is 0 Å². The third-order valence-corrected chi connectivity index (χ3v) is 12.9. The molecule has 2 aromatic rings. The maximum absolute atomic E-state index is 14.4. The van der Waals surface area contributed by atoms with Crippen LogP contribution >= 0.6 is 0 Å². The number of hydrogen-bond acceptors (Lipinski definition) is 15. The van der Waals surface area contributed by atoms with Crippen LogP contribution in [0.3, 0.4) is 0 Å². The summed E-state index contributed by atoms with van der Waals surface area (Å²) >= 11 is 0. The van der Waals surface area contributed by atoms with Gasteiger partial charge in [-0.1, -0.05) is 62.0 Å². The molecule has 4 aliphatic rings. The summed E-state index contributed by atoms with van der Waals surface area (Å²) in [4.78, 5) is 94.7. The first-order valence-corrected chi connectivity index (χ1v) is 19.7. The lowest BCUT2D eigenvalue weighted by Gasteiger charge is -2.65. The fourth-order valence-corrected chi connectivity index (χ4v) is 10.2. The molecular weight excluding hydrogens is 780 g/mol. The highest BCUT2D eigenvalue weighted by Gasteiger charge is 2.83. The lowest BCUT2D eigenvalue weighted by molar-refractivity contribution is -0.298. The zero-order chi connectivity index (χ0) is 43.8. The van der Waals surface area contributed by atoms with Gasteiger partial charge in [0.05, 0.1) is 24.2 Å². The molecule has 1 saturated heterocycles. The van der Waals surface area contributed by atoms with Crippen LogP contribution in [0.1, 0.15) is 70.3 Å². The zero-order valence-corrected chi connectivity index (χ0v) is 34.4. The molecule has 2 aromatic carbocycles. The van der Waals surface area contributed by atoms with Crippen molar-refractivity contribution in [2.75, 3.05) is 19.8 Å². The van der Waals surface area contributed by atoms with Gasteiger partial charge in [0.2, 0.25) is 0 Å². The molecule has 11 atom stereocenters. The second-order valence-corrected chi connectivity index (χ2v) is 16.4. The van der Waals surface area contributed by atoms with E-state index < -0.39 is 119 Å². The molecule has 0 radical (unpaired) electrons. The van der Waals surface area contributed by atoms with Crippen LogP contribution in [0.15, 0.2) is 78.9 Å². The summed E-state index contributed by atoms with van der Waals surface area (Å²) < 4.78 is 42.6. The lowest BCUT2D eigenvalue weighted by Crippen LogP contribution is -2.80. The molecule has 1 N–H and O–H groups in total. The Kier molecular flexibility index (Phi) is 12.3. The Morgan fingerprint density at radius 3 is 2.02 bits per heavy atom. The molecule has 15 heteroatoms. The van der Waals surface area contributed by atoms with E-state index >= 15 is 0 Å². The summed E-state index contributed by atoms with van der Waals surface area (Å²) in [5.74, 6) is -9.42. The van der Waals surface area contributed by atoms with E-state index in [4.69, 9.17) is 33.2 Å². The maximum Gasteiger partial charge on any atom is 0.338 e. The van der Waals surface area contributed by atoms with Gasteiger partial charge in [0.1, 0.15) is 24.4 Å². The number of rotatable bonds is 11. The smallest absolute Gasteiger partial charge is 0.338 e. The number of aliphatic hydroxyl groups is 1. The molecule has 0 spiro atoms. The minimum Gasteiger partial charge on any atom is -0.466 e. The van der Waals surface area contributed by atoms with Gasteiger partial charge in [0.15, 0.2) is 23.6 Å². The van der Waals surface area contributed by atoms with Crippen LogP contribution in [0.25, 0.3) is 6.08 Å². The van der Waals surface area contributed by atoms with Gasteiger partial charge >= 0.3 is 35.8 Å². The van der Waals surface area contributed by atoms with E-state index in [-0.39, 0.29) is 30.6 Å². The fraction of sp³-hybridized carbons (Fsp3) is 0.489. The molecule has 0 amide bonds. The summed E-state index contributed by atoms with van der Waals surface area (Å²) in [6.07, 6.45) is -4.32. The average molecular weight is 831 g/mol. The first-order chi connectivity index (χ1) is 28.3. The standard InChI is InChI=1S/C45H50O15/c1-25-34(60-36(51)19-18-30-14-10-8-11-15-30)20-32(22-54-26(2)46)44(24-55-41(52)31-16-12-9-13-17-31)37(25)38(57-27(3)47)33-21-35(50)43(7)45(53,42(33,6)23-56-43)40(59-29(5)49)39(44)58-28(4)48/h8-19,32-34,37-40,53H,1,20-24H2,2-7H3. The van der Waals surface area contributed by atoms with Gasteiger partial charge in [0, 0.05) is 63.4 Å². The van der Waals surface area contributed by atoms with Crippen molar-refractivity contribution in [3.63, 3.8) is 0 Å². The summed E-state index contributed by atoms with van der Waals surface area (Å²) in [5.41, 5.74) is -7.25. The van der Waals surface area contributed by atoms with E-state index in [2.05, 4.69) is 6.58 Å². The number of hydrogen-bond donors (Lipinski definition) is 1. The Bertz CT molecular complexity index is 2080. The Morgan fingerprint density at radius 2 is 1.42 bits per heavy atom. The SMILES string of the molecule is C=C1C(OC(=O)C=Cc2ccccc2)CC(COC(C)=O)C2(COC(=O)c3ccccc3)C(OC(C)=O)C(OC(C)=O)C3(O)C4(C)OCC3(C)C(CC4=O)C(OC(C)=O)C12. The van der Waals surface area contributed by atoms with Crippen molar-refractivity contribution >= 4 is 47.7 Å². The fourth-order valence-electron chi connectivity index (χ4n) is 10.2. The molecule has 4 bridgehead atoms. The second-order valence-electron chi connectivity index (χ2n) is 16.4. The van der Waals surface area contributed by atoms with E-state index in [9.17, 15) is 38.7 Å². The van der Waals surface area contributed by atoms with Gasteiger partial charge < -0.3 is 38.3 Å². The molecule has 6 rings (SSSR count). The van der Waals surface area contributed by atoms with Gasteiger partial charge in [-0.05, 0) is 42.7 Å². The third-order valence-electron chi connectivity index (χ3n) is 12.9. The number of esters is 6. The van der Waals surface area contributed by atoms with Gasteiger partial charge in [0.25, 0.3) is 0 Å². The van der Waals surface area contributed by atoms with Crippen molar-refractivity contribution in [3.05, 3.63) is 90.0 Å². The number of fused-ring (bicyclic) bond motifs is 1. The van der Waals surface area contributed by atoms with Gasteiger partial charge in [-0.2, -0.15) is 0 Å². The Hall–Kier alpha value is -5.67. The second kappa shape index (κ2) is 16.8. The van der Waals surface area contributed by atoms with E-state index in [1.54, 1.807) is 55.5 Å². The number of Topliss-reactive ketones (excluding diaryl/α,β-unsaturated/α-hetero) is 1. The molecule has 15 nitrogen and oxygen atoms in total. The highest BCUT2D eigenvalue weighted by molar-refractivity contribution is 5.92. The lowest BCUT2D eigenvalue weighted by atomic mass is 9.42. The van der Waals surface area contributed by atoms with Crippen LogP contribution in [0, 0.1) is 28.6 Å². The summed E-state index contributed by atoms with van der Waals surface area (Å²) in [5, 5.41) is 13.4. The zero-order valence-electron chi connectivity index (χ0n) is 34.4. The van der Waals surface area contributed by atoms with Crippen molar-refractivity contribution in [1.82, 2.24) is 0 Å². The van der Waals surface area contributed by atoms with Crippen LogP contribution in [-0.2, 0) is 61.9 Å². The minimum atomic E-state index is -2.51. The van der Waals surface area contributed by atoms with Crippen LogP contribution in [0.4, 0.5) is 0 Å². The molecule has 1 heterocycles. The van der Waals surface area contributed by atoms with Crippen LogP contribution in [-0.4, -0.2) is 102 Å². The normalized spacial score (nSPS) is 34.3. The molecule has 4 fully saturated rings. The molecule has 11 unspecified atom stereocenters. The number of ketones is 1. The maximum atomic E-state index is 14.4. The van der Waals surface area contributed by atoms with E-state index in [1.807, 2.05) is 6.07 Å². The molecule has 320 valence electrons. The molecule has 3 aliphatic carbocycles. The van der Waals surface area contributed by atoms with E-state index in [0.717, 1.165) is 27.7 Å². The van der Waals surface area contributed by atoms with Gasteiger partial charge in [-0.15, -0.1) is 0 Å². The monoisotopic (exact) mass is 830 g/mol. The highest BCUT2D eigenvalue weighted by Crippen LogP contribution is 2.68. The number of carbonyl (C=O) groups is 7. The van der Waals surface area contributed by atoms with Crippen LogP contribution in [0.2, 0.25) is 0 Å². The van der Waals surface area contributed by atoms with E-state index in [1.165, 1.54) is 25.1 Å². The largest absolute Gasteiger partial charge is 0.466 e. The first-order valence-electron chi connectivity index (χ1n) is 19.7. The van der Waals surface area contributed by atoms with Crippen molar-refractivity contribution < 1.29 is 71.8 Å². The van der Waals surface area contributed by atoms with Crippen molar-refractivity contribution in [1.29, 1.82) is 0 Å². The van der Waals surface area contributed by atoms with Crippen molar-refractivity contribution in [2.24, 2.45) is 28.6 Å². The summed E-state index contributed by atoms with van der Waals surface area (Å²) in [6.45, 7) is 10.3. The molecular formula is C45H50O15. The Balaban J connectivity index is 1.65. The minimum absolute atomic E-state index is 0.0880. The Morgan fingerprint density at radius 1 is 0.817 bits per heavy atom. The molecule has 0 aromatic heterocycles. The van der Waals surface area contributed by atoms with Crippen LogP contribution < -0.4 is 0 Å².